The Hall–Kier alpha value is -2.37. The molecule has 3 aromatic rings. The van der Waals surface area contributed by atoms with Gasteiger partial charge < -0.3 is 4.57 Å². The minimum atomic E-state index is -0.0587. The number of aromatic nitrogens is 1. The summed E-state index contributed by atoms with van der Waals surface area (Å²) in [5, 5.41) is 1.16. The normalized spacial score (nSPS) is 17.3. The van der Waals surface area contributed by atoms with Gasteiger partial charge in [-0.3, -0.25) is 9.69 Å². The first-order valence-electron chi connectivity index (χ1n) is 9.02. The van der Waals surface area contributed by atoms with Gasteiger partial charge in [0.25, 0.3) is 5.91 Å². The van der Waals surface area contributed by atoms with Crippen LogP contribution in [0.1, 0.15) is 31.9 Å². The average Bonchev–Trinajstić information content (AvgIpc) is 3.19. The quantitative estimate of drug-likeness (QED) is 0.401. The van der Waals surface area contributed by atoms with Crippen LogP contribution in [0, 0.1) is 0 Å². The lowest BCUT2D eigenvalue weighted by molar-refractivity contribution is -0.113. The van der Waals surface area contributed by atoms with Crippen LogP contribution in [0.15, 0.2) is 65.7 Å². The topological polar surface area (TPSA) is 25.2 Å². The average molecular weight is 393 g/mol. The van der Waals surface area contributed by atoms with E-state index in [0.717, 1.165) is 23.1 Å². The Bertz CT molecular complexity index is 1050. The number of amides is 1. The zero-order valence-electron chi connectivity index (χ0n) is 15.3. The molecule has 1 amide bonds. The summed E-state index contributed by atoms with van der Waals surface area (Å²) < 4.78 is 2.86. The number of thiocarbonyl (C=S) groups is 1. The van der Waals surface area contributed by atoms with Gasteiger partial charge in [0.2, 0.25) is 0 Å². The Balaban J connectivity index is 1.77. The van der Waals surface area contributed by atoms with Crippen molar-refractivity contribution in [1.29, 1.82) is 0 Å². The van der Waals surface area contributed by atoms with Crippen molar-refractivity contribution in [1.82, 2.24) is 4.57 Å². The van der Waals surface area contributed by atoms with E-state index in [9.17, 15) is 4.79 Å². The Kier molecular flexibility index (Phi) is 4.89. The molecular weight excluding hydrogens is 372 g/mol. The van der Waals surface area contributed by atoms with Crippen molar-refractivity contribution >= 4 is 56.9 Å². The van der Waals surface area contributed by atoms with Gasteiger partial charge in [-0.25, -0.2) is 0 Å². The lowest BCUT2D eigenvalue weighted by Crippen LogP contribution is -2.27. The van der Waals surface area contributed by atoms with Crippen LogP contribution in [-0.4, -0.2) is 14.8 Å². The van der Waals surface area contributed by atoms with Crippen LogP contribution in [0.2, 0.25) is 0 Å². The van der Waals surface area contributed by atoms with Gasteiger partial charge in [0.05, 0.1) is 10.6 Å². The predicted molar refractivity (Wildman–Crippen MR) is 119 cm³/mol. The number of anilines is 1. The molecule has 1 aromatic heterocycles. The molecule has 2 aromatic carbocycles. The maximum absolute atomic E-state index is 13.0. The summed E-state index contributed by atoms with van der Waals surface area (Å²) in [6.07, 6.45) is 5.17. The van der Waals surface area contributed by atoms with E-state index in [4.69, 9.17) is 12.2 Å². The molecule has 2 heterocycles. The van der Waals surface area contributed by atoms with Crippen molar-refractivity contribution < 1.29 is 4.79 Å². The van der Waals surface area contributed by atoms with Crippen molar-refractivity contribution in [3.05, 3.63) is 71.3 Å². The van der Waals surface area contributed by atoms with E-state index in [1.165, 1.54) is 17.3 Å². The van der Waals surface area contributed by atoms with Crippen molar-refractivity contribution in [3.8, 4) is 0 Å². The summed E-state index contributed by atoms with van der Waals surface area (Å²) in [6, 6.07) is 18.3. The Morgan fingerprint density at radius 1 is 1.11 bits per heavy atom. The minimum absolute atomic E-state index is 0.0587. The van der Waals surface area contributed by atoms with E-state index < -0.39 is 0 Å². The molecule has 1 saturated heterocycles. The van der Waals surface area contributed by atoms with Gasteiger partial charge >= 0.3 is 0 Å². The number of rotatable bonds is 4. The zero-order valence-corrected chi connectivity index (χ0v) is 16.9. The molecule has 0 spiro atoms. The Labute approximate surface area is 168 Å². The molecule has 0 unspecified atom stereocenters. The summed E-state index contributed by atoms with van der Waals surface area (Å²) >= 11 is 6.84. The Morgan fingerprint density at radius 3 is 2.56 bits per heavy atom. The number of fused-ring (bicyclic) bond motifs is 1. The highest BCUT2D eigenvalue weighted by molar-refractivity contribution is 8.27. The number of thioether (sulfide) groups is 1. The third kappa shape index (κ3) is 3.22. The first-order valence-corrected chi connectivity index (χ1v) is 10.2. The number of nitrogens with zero attached hydrogens (tertiary/aromatic N) is 2. The van der Waals surface area contributed by atoms with E-state index >= 15 is 0 Å². The van der Waals surface area contributed by atoms with Gasteiger partial charge in [-0.15, -0.1) is 0 Å². The molecule has 1 aliphatic heterocycles. The monoisotopic (exact) mass is 392 g/mol. The number of hydrogen-bond donors (Lipinski definition) is 0. The van der Waals surface area contributed by atoms with Gasteiger partial charge in [0.15, 0.2) is 4.32 Å². The van der Waals surface area contributed by atoms with Crippen LogP contribution in [0.4, 0.5) is 5.69 Å². The summed E-state index contributed by atoms with van der Waals surface area (Å²) in [7, 11) is 0. The summed E-state index contributed by atoms with van der Waals surface area (Å²) in [5.41, 5.74) is 3.06. The van der Waals surface area contributed by atoms with Crippen LogP contribution < -0.4 is 4.90 Å². The largest absolute Gasteiger partial charge is 0.344 e. The molecule has 1 aliphatic rings. The lowest BCUT2D eigenvalue weighted by Gasteiger charge is -2.13. The molecule has 3 nitrogen and oxygen atoms in total. The smallest absolute Gasteiger partial charge is 0.270 e. The van der Waals surface area contributed by atoms with Crippen LogP contribution in [0.25, 0.3) is 17.0 Å². The molecule has 0 radical (unpaired) electrons. The lowest BCUT2D eigenvalue weighted by atomic mass is 10.1. The van der Waals surface area contributed by atoms with Crippen LogP contribution in [0.3, 0.4) is 0 Å². The van der Waals surface area contributed by atoms with Crippen molar-refractivity contribution in [3.63, 3.8) is 0 Å². The third-order valence-electron chi connectivity index (χ3n) is 4.93. The second-order valence-corrected chi connectivity index (χ2v) is 8.29. The summed E-state index contributed by atoms with van der Waals surface area (Å²) in [5.74, 6) is -0.0587. The molecule has 27 heavy (non-hydrogen) atoms. The van der Waals surface area contributed by atoms with Gasteiger partial charge in [-0.05, 0) is 37.6 Å². The first-order chi connectivity index (χ1) is 13.1. The van der Waals surface area contributed by atoms with Gasteiger partial charge in [-0.2, -0.15) is 0 Å². The molecule has 0 bridgehead atoms. The maximum atomic E-state index is 13.0. The van der Waals surface area contributed by atoms with Crippen molar-refractivity contribution in [2.75, 3.05) is 4.90 Å². The molecule has 0 N–H and O–H groups in total. The molecule has 0 saturated carbocycles. The molecule has 4 rings (SSSR count). The second-order valence-electron chi connectivity index (χ2n) is 6.62. The predicted octanol–water partition coefficient (Wildman–Crippen LogP) is 6.02. The highest BCUT2D eigenvalue weighted by atomic mass is 32.2. The molecule has 5 heteroatoms. The molecule has 1 atom stereocenters. The van der Waals surface area contributed by atoms with E-state index in [1.807, 2.05) is 42.5 Å². The van der Waals surface area contributed by atoms with Crippen LogP contribution >= 0.6 is 24.0 Å². The fourth-order valence-electron chi connectivity index (χ4n) is 3.32. The van der Waals surface area contributed by atoms with Gasteiger partial charge in [0, 0.05) is 28.7 Å². The van der Waals surface area contributed by atoms with Gasteiger partial charge in [0.1, 0.15) is 0 Å². The van der Waals surface area contributed by atoms with E-state index in [-0.39, 0.29) is 5.91 Å². The highest BCUT2D eigenvalue weighted by Crippen LogP contribution is 2.37. The number of hydrogen-bond acceptors (Lipinski definition) is 3. The molecular formula is C22H20N2OS2. The SMILES string of the molecule is CC[C@@H](C)n1cc(/C=C2/SC(=S)N(c3ccccc3)C2=O)c2ccccc21. The summed E-state index contributed by atoms with van der Waals surface area (Å²) in [4.78, 5) is 15.3. The van der Waals surface area contributed by atoms with Crippen molar-refractivity contribution in [2.24, 2.45) is 0 Å². The fraction of sp³-hybridized carbons (Fsp3) is 0.182. The number of para-hydroxylation sites is 2. The molecule has 136 valence electrons. The van der Waals surface area contributed by atoms with E-state index in [0.29, 0.717) is 15.3 Å². The molecule has 1 fully saturated rings. The summed E-state index contributed by atoms with van der Waals surface area (Å²) in [6.45, 7) is 4.40. The number of carbonyl (C=O) groups excluding carboxylic acids is 1. The van der Waals surface area contributed by atoms with Gasteiger partial charge in [-0.1, -0.05) is 67.3 Å². The standard InChI is InChI=1S/C22H20N2OS2/c1-3-15(2)23-14-16(18-11-7-8-12-19(18)23)13-20-21(25)24(22(26)27-20)17-9-5-4-6-10-17/h4-15H,3H2,1-2H3/b20-13+/t15-/m1/s1. The Morgan fingerprint density at radius 2 is 1.81 bits per heavy atom. The van der Waals surface area contributed by atoms with Crippen LogP contribution in [0.5, 0.6) is 0 Å². The van der Waals surface area contributed by atoms with E-state index in [2.05, 4.69) is 42.8 Å². The highest BCUT2D eigenvalue weighted by Gasteiger charge is 2.33. The van der Waals surface area contributed by atoms with Crippen molar-refractivity contribution in [2.45, 2.75) is 26.3 Å². The maximum Gasteiger partial charge on any atom is 0.270 e. The number of benzene rings is 2. The third-order valence-corrected chi connectivity index (χ3v) is 6.23. The molecule has 0 aliphatic carbocycles. The van der Waals surface area contributed by atoms with E-state index in [1.54, 1.807) is 4.90 Å². The first kappa shape index (κ1) is 18.0. The number of carbonyl (C=O) groups is 1. The minimum Gasteiger partial charge on any atom is -0.344 e. The zero-order chi connectivity index (χ0) is 19.0. The fourth-order valence-corrected chi connectivity index (χ4v) is 4.61. The second kappa shape index (κ2) is 7.33. The van der Waals surface area contributed by atoms with Crippen LogP contribution in [-0.2, 0) is 4.79 Å².